The van der Waals surface area contributed by atoms with Crippen molar-refractivity contribution >= 4 is 0 Å². The molecule has 1 aliphatic rings. The van der Waals surface area contributed by atoms with E-state index in [1.54, 1.807) is 0 Å². The van der Waals surface area contributed by atoms with Gasteiger partial charge in [-0.05, 0) is 18.8 Å². The lowest BCUT2D eigenvalue weighted by Gasteiger charge is -2.17. The van der Waals surface area contributed by atoms with Gasteiger partial charge >= 0.3 is 0 Å². The van der Waals surface area contributed by atoms with Gasteiger partial charge in [0.2, 0.25) is 0 Å². The normalized spacial score (nSPS) is 25.4. The minimum Gasteiger partial charge on any atom is -0.377 e. The van der Waals surface area contributed by atoms with Crippen LogP contribution in [0.25, 0.3) is 0 Å². The van der Waals surface area contributed by atoms with E-state index in [4.69, 9.17) is 10.5 Å². The molecule has 13 heavy (non-hydrogen) atoms. The van der Waals surface area contributed by atoms with Gasteiger partial charge in [0.25, 0.3) is 0 Å². The predicted octanol–water partition coefficient (Wildman–Crippen LogP) is 0.738. The molecule has 0 amide bonds. The van der Waals surface area contributed by atoms with Crippen LogP contribution >= 0.6 is 0 Å². The molecule has 0 radical (unpaired) electrons. The molecule has 2 atom stereocenters. The Bertz CT molecular complexity index is 131. The summed E-state index contributed by atoms with van der Waals surface area (Å²) >= 11 is 0. The molecule has 3 N–H and O–H groups in total. The summed E-state index contributed by atoms with van der Waals surface area (Å²) < 4.78 is 5.49. The van der Waals surface area contributed by atoms with Crippen LogP contribution in [-0.2, 0) is 4.74 Å². The number of rotatable bonds is 5. The lowest BCUT2D eigenvalue weighted by atomic mass is 10.1. The molecule has 1 fully saturated rings. The number of ether oxygens (including phenoxy) is 1. The molecule has 0 aromatic heterocycles. The number of hydrogen-bond donors (Lipinski definition) is 2. The second-order valence-corrected chi connectivity index (χ2v) is 4.20. The first kappa shape index (κ1) is 11.0. The fraction of sp³-hybridized carbons (Fsp3) is 1.00. The van der Waals surface area contributed by atoms with Crippen LogP contribution in [0.4, 0.5) is 0 Å². The molecule has 1 aliphatic heterocycles. The van der Waals surface area contributed by atoms with Crippen molar-refractivity contribution in [2.24, 2.45) is 11.7 Å². The SMILES string of the molecule is CC(C)[C@@H](N)CNC[C@H]1CCCO1. The first-order valence-corrected chi connectivity index (χ1v) is 5.28. The molecule has 0 saturated carbocycles. The number of hydrogen-bond acceptors (Lipinski definition) is 3. The molecule has 0 unspecified atom stereocenters. The summed E-state index contributed by atoms with van der Waals surface area (Å²) in [5.74, 6) is 0.553. The summed E-state index contributed by atoms with van der Waals surface area (Å²) in [5.41, 5.74) is 5.90. The Hall–Kier alpha value is -0.120. The second-order valence-electron chi connectivity index (χ2n) is 4.20. The zero-order chi connectivity index (χ0) is 9.68. The van der Waals surface area contributed by atoms with E-state index in [2.05, 4.69) is 19.2 Å². The van der Waals surface area contributed by atoms with Gasteiger partial charge in [-0.25, -0.2) is 0 Å². The van der Waals surface area contributed by atoms with Crippen LogP contribution in [0.2, 0.25) is 0 Å². The minimum absolute atomic E-state index is 0.265. The molecule has 1 heterocycles. The molecule has 1 rings (SSSR count). The van der Waals surface area contributed by atoms with Crippen LogP contribution in [0.3, 0.4) is 0 Å². The van der Waals surface area contributed by atoms with Crippen LogP contribution in [0.1, 0.15) is 26.7 Å². The van der Waals surface area contributed by atoms with E-state index in [0.717, 1.165) is 19.7 Å². The van der Waals surface area contributed by atoms with Crippen molar-refractivity contribution in [1.82, 2.24) is 5.32 Å². The summed E-state index contributed by atoms with van der Waals surface area (Å²) in [6.45, 7) is 7.09. The average Bonchev–Trinajstić information content (AvgIpc) is 2.56. The molecule has 78 valence electrons. The van der Waals surface area contributed by atoms with Crippen molar-refractivity contribution in [2.45, 2.75) is 38.8 Å². The van der Waals surface area contributed by atoms with Crippen molar-refractivity contribution in [3.63, 3.8) is 0 Å². The lowest BCUT2D eigenvalue weighted by molar-refractivity contribution is 0.109. The summed E-state index contributed by atoms with van der Waals surface area (Å²) in [7, 11) is 0. The molecule has 1 saturated heterocycles. The summed E-state index contributed by atoms with van der Waals surface area (Å²) in [6, 6.07) is 0.265. The maximum absolute atomic E-state index is 5.90. The molecule has 3 nitrogen and oxygen atoms in total. The fourth-order valence-corrected chi connectivity index (χ4v) is 1.45. The summed E-state index contributed by atoms with van der Waals surface area (Å²) in [5, 5.41) is 3.36. The molecule has 3 heteroatoms. The summed E-state index contributed by atoms with van der Waals surface area (Å²) in [4.78, 5) is 0. The maximum Gasteiger partial charge on any atom is 0.0700 e. The van der Waals surface area contributed by atoms with Crippen molar-refractivity contribution in [3.8, 4) is 0 Å². The van der Waals surface area contributed by atoms with Crippen molar-refractivity contribution in [1.29, 1.82) is 0 Å². The Morgan fingerprint density at radius 1 is 1.54 bits per heavy atom. The Labute approximate surface area is 81.0 Å². The van der Waals surface area contributed by atoms with Crippen LogP contribution in [0.15, 0.2) is 0 Å². The van der Waals surface area contributed by atoms with Gasteiger partial charge < -0.3 is 15.8 Å². The smallest absolute Gasteiger partial charge is 0.0700 e. The fourth-order valence-electron chi connectivity index (χ4n) is 1.45. The largest absolute Gasteiger partial charge is 0.377 e. The lowest BCUT2D eigenvalue weighted by Crippen LogP contribution is -2.40. The first-order valence-electron chi connectivity index (χ1n) is 5.28. The monoisotopic (exact) mass is 186 g/mol. The van der Waals surface area contributed by atoms with E-state index < -0.39 is 0 Å². The number of nitrogens with one attached hydrogen (secondary N) is 1. The van der Waals surface area contributed by atoms with E-state index in [1.807, 2.05) is 0 Å². The molecule has 0 aromatic carbocycles. The quantitative estimate of drug-likeness (QED) is 0.665. The van der Waals surface area contributed by atoms with E-state index in [9.17, 15) is 0 Å². The highest BCUT2D eigenvalue weighted by Crippen LogP contribution is 2.10. The van der Waals surface area contributed by atoms with Gasteiger partial charge in [0, 0.05) is 25.7 Å². The van der Waals surface area contributed by atoms with Crippen molar-refractivity contribution < 1.29 is 4.74 Å². The van der Waals surface area contributed by atoms with Gasteiger partial charge in [-0.3, -0.25) is 0 Å². The van der Waals surface area contributed by atoms with Gasteiger partial charge in [-0.1, -0.05) is 13.8 Å². The second kappa shape index (κ2) is 5.58. The van der Waals surface area contributed by atoms with E-state index in [1.165, 1.54) is 12.8 Å². The topological polar surface area (TPSA) is 47.3 Å². The Morgan fingerprint density at radius 3 is 2.85 bits per heavy atom. The molecule has 0 aliphatic carbocycles. The first-order chi connectivity index (χ1) is 6.20. The standard InChI is InChI=1S/C10H22N2O/c1-8(2)10(11)7-12-6-9-4-3-5-13-9/h8-10,12H,3-7,11H2,1-2H3/t9-,10+/m1/s1. The molecule has 0 aromatic rings. The van der Waals surface area contributed by atoms with E-state index in [-0.39, 0.29) is 6.04 Å². The van der Waals surface area contributed by atoms with Gasteiger partial charge in [0.15, 0.2) is 0 Å². The molecular weight excluding hydrogens is 164 g/mol. The zero-order valence-corrected chi connectivity index (χ0v) is 8.75. The third-order valence-corrected chi connectivity index (χ3v) is 2.63. The molecule has 0 spiro atoms. The highest BCUT2D eigenvalue weighted by atomic mass is 16.5. The van der Waals surface area contributed by atoms with Gasteiger partial charge in [-0.2, -0.15) is 0 Å². The zero-order valence-electron chi connectivity index (χ0n) is 8.75. The molecule has 0 bridgehead atoms. The van der Waals surface area contributed by atoms with Crippen LogP contribution < -0.4 is 11.1 Å². The van der Waals surface area contributed by atoms with Crippen LogP contribution in [0, 0.1) is 5.92 Å². The van der Waals surface area contributed by atoms with Gasteiger partial charge in [-0.15, -0.1) is 0 Å². The van der Waals surface area contributed by atoms with Gasteiger partial charge in [0.05, 0.1) is 6.10 Å². The van der Waals surface area contributed by atoms with Crippen molar-refractivity contribution in [2.75, 3.05) is 19.7 Å². The van der Waals surface area contributed by atoms with Crippen molar-refractivity contribution in [3.05, 3.63) is 0 Å². The Balaban J connectivity index is 1.99. The summed E-state index contributed by atoms with van der Waals surface area (Å²) in [6.07, 6.45) is 2.84. The van der Waals surface area contributed by atoms with E-state index in [0.29, 0.717) is 12.0 Å². The number of nitrogens with two attached hydrogens (primary N) is 1. The highest BCUT2D eigenvalue weighted by Gasteiger charge is 2.15. The Morgan fingerprint density at radius 2 is 2.31 bits per heavy atom. The molecular formula is C10H22N2O. The third-order valence-electron chi connectivity index (χ3n) is 2.63. The predicted molar refractivity (Wildman–Crippen MR) is 54.7 cm³/mol. The van der Waals surface area contributed by atoms with E-state index >= 15 is 0 Å². The minimum atomic E-state index is 0.265. The average molecular weight is 186 g/mol. The van der Waals surface area contributed by atoms with Gasteiger partial charge in [0.1, 0.15) is 0 Å². The van der Waals surface area contributed by atoms with Crippen LogP contribution in [-0.4, -0.2) is 31.8 Å². The third kappa shape index (κ3) is 4.07. The van der Waals surface area contributed by atoms with Crippen LogP contribution in [0.5, 0.6) is 0 Å². The Kier molecular flexibility index (Phi) is 4.70. The maximum atomic E-state index is 5.90. The highest BCUT2D eigenvalue weighted by molar-refractivity contribution is 4.72.